The molecule has 4 aromatic carbocycles. The number of nitrogens with zero attached hydrogens (tertiary/aromatic N) is 5. The molecule has 2 N–H and O–H groups in total. The van der Waals surface area contributed by atoms with Crippen LogP contribution < -0.4 is 5.32 Å². The SMILES string of the molecule is O=C(O)C1C2CCC(CC2)C1Nc1cc(-c2ccccc2)nc(-c2cn(C(c3ccccc3)(c3ccccc3)c3ccccc3)c3ncc(Cl)nc23)n1. The van der Waals surface area contributed by atoms with Gasteiger partial charge in [-0.1, -0.05) is 133 Å². The molecular formula is C44H37ClN6O2. The van der Waals surface area contributed by atoms with Crippen LogP contribution >= 0.6 is 11.6 Å². The summed E-state index contributed by atoms with van der Waals surface area (Å²) in [6.45, 7) is 0. The van der Waals surface area contributed by atoms with E-state index in [0.29, 0.717) is 34.1 Å². The number of carboxylic acids is 1. The second kappa shape index (κ2) is 13.6. The van der Waals surface area contributed by atoms with E-state index in [-0.39, 0.29) is 23.0 Å². The van der Waals surface area contributed by atoms with Gasteiger partial charge in [-0.3, -0.25) is 4.79 Å². The van der Waals surface area contributed by atoms with E-state index in [9.17, 15) is 9.90 Å². The smallest absolute Gasteiger partial charge is 0.308 e. The average molecular weight is 717 g/mol. The third-order valence-corrected chi connectivity index (χ3v) is 11.4. The summed E-state index contributed by atoms with van der Waals surface area (Å²) in [5, 5.41) is 14.3. The van der Waals surface area contributed by atoms with Gasteiger partial charge in [-0.15, -0.1) is 0 Å². The molecule has 0 aliphatic heterocycles. The minimum absolute atomic E-state index is 0.155. The number of carboxylic acid groups (broad SMARTS) is 1. The van der Waals surface area contributed by atoms with Gasteiger partial charge in [0.25, 0.3) is 0 Å². The lowest BCUT2D eigenvalue weighted by Gasteiger charge is -2.47. The van der Waals surface area contributed by atoms with E-state index in [4.69, 9.17) is 31.5 Å². The highest BCUT2D eigenvalue weighted by atomic mass is 35.5. The number of anilines is 1. The normalized spacial score (nSPS) is 19.6. The molecule has 2 bridgehead atoms. The van der Waals surface area contributed by atoms with Crippen LogP contribution in [0.15, 0.2) is 140 Å². The van der Waals surface area contributed by atoms with Crippen LogP contribution in [0.25, 0.3) is 33.8 Å². The maximum Gasteiger partial charge on any atom is 0.308 e. The van der Waals surface area contributed by atoms with Crippen molar-refractivity contribution in [3.8, 4) is 22.6 Å². The first-order valence-electron chi connectivity index (χ1n) is 18.2. The molecule has 0 spiro atoms. The molecule has 8 nitrogen and oxygen atoms in total. The molecule has 3 aromatic heterocycles. The van der Waals surface area contributed by atoms with E-state index < -0.39 is 17.4 Å². The number of nitrogens with one attached hydrogen (secondary N) is 1. The number of aliphatic carboxylic acids is 1. The van der Waals surface area contributed by atoms with Crippen molar-refractivity contribution in [2.24, 2.45) is 17.8 Å². The Labute approximate surface area is 312 Å². The van der Waals surface area contributed by atoms with E-state index in [1.807, 2.05) is 60.8 Å². The highest BCUT2D eigenvalue weighted by molar-refractivity contribution is 6.29. The van der Waals surface area contributed by atoms with Gasteiger partial charge >= 0.3 is 5.97 Å². The molecule has 53 heavy (non-hydrogen) atoms. The van der Waals surface area contributed by atoms with Gasteiger partial charge in [0, 0.05) is 23.9 Å². The predicted molar refractivity (Wildman–Crippen MR) is 208 cm³/mol. The molecule has 10 rings (SSSR count). The van der Waals surface area contributed by atoms with Crippen LogP contribution in [-0.2, 0) is 10.3 Å². The van der Waals surface area contributed by atoms with Crippen molar-refractivity contribution in [2.45, 2.75) is 37.3 Å². The van der Waals surface area contributed by atoms with Gasteiger partial charge in [0.05, 0.1) is 23.4 Å². The van der Waals surface area contributed by atoms with Crippen molar-refractivity contribution in [1.82, 2.24) is 24.5 Å². The van der Waals surface area contributed by atoms with Gasteiger partial charge in [0.15, 0.2) is 11.5 Å². The van der Waals surface area contributed by atoms with E-state index in [1.54, 1.807) is 6.20 Å². The van der Waals surface area contributed by atoms with Crippen molar-refractivity contribution in [1.29, 1.82) is 0 Å². The van der Waals surface area contributed by atoms with Crippen LogP contribution in [0.1, 0.15) is 42.4 Å². The summed E-state index contributed by atoms with van der Waals surface area (Å²) in [6.07, 6.45) is 7.55. The number of fused-ring (bicyclic) bond motifs is 4. The van der Waals surface area contributed by atoms with Gasteiger partial charge in [-0.25, -0.2) is 19.9 Å². The topological polar surface area (TPSA) is 106 Å². The van der Waals surface area contributed by atoms with Crippen LogP contribution in [0.2, 0.25) is 5.15 Å². The van der Waals surface area contributed by atoms with E-state index in [0.717, 1.165) is 47.9 Å². The fourth-order valence-corrected chi connectivity index (χ4v) is 9.06. The van der Waals surface area contributed by atoms with Gasteiger partial charge < -0.3 is 15.0 Å². The zero-order valence-electron chi connectivity index (χ0n) is 28.9. The number of benzene rings is 4. The molecule has 3 fully saturated rings. The van der Waals surface area contributed by atoms with E-state index in [1.165, 1.54) is 0 Å². The molecule has 0 radical (unpaired) electrons. The highest BCUT2D eigenvalue weighted by Gasteiger charge is 2.47. The number of rotatable bonds is 9. The monoisotopic (exact) mass is 716 g/mol. The first-order valence-corrected chi connectivity index (χ1v) is 18.5. The van der Waals surface area contributed by atoms with Crippen LogP contribution in [-0.4, -0.2) is 41.6 Å². The van der Waals surface area contributed by atoms with Crippen molar-refractivity contribution in [2.75, 3.05) is 5.32 Å². The quantitative estimate of drug-likeness (QED) is 0.143. The third-order valence-electron chi connectivity index (χ3n) is 11.3. The lowest BCUT2D eigenvalue weighted by molar-refractivity contribution is -0.148. The minimum Gasteiger partial charge on any atom is -0.481 e. The number of halogens is 1. The number of hydrogen-bond donors (Lipinski definition) is 2. The Morgan fingerprint density at radius 2 is 1.28 bits per heavy atom. The molecule has 2 atom stereocenters. The second-order valence-electron chi connectivity index (χ2n) is 14.1. The van der Waals surface area contributed by atoms with Crippen molar-refractivity contribution in [3.63, 3.8) is 0 Å². The molecule has 0 saturated heterocycles. The summed E-state index contributed by atoms with van der Waals surface area (Å²) in [5.74, 6) is 0.202. The lowest BCUT2D eigenvalue weighted by atomic mass is 9.61. The van der Waals surface area contributed by atoms with Gasteiger partial charge in [0.1, 0.15) is 22.0 Å². The molecule has 3 heterocycles. The van der Waals surface area contributed by atoms with Crippen LogP contribution in [0, 0.1) is 17.8 Å². The van der Waals surface area contributed by atoms with Gasteiger partial charge in [0.2, 0.25) is 0 Å². The van der Waals surface area contributed by atoms with Crippen molar-refractivity contribution >= 4 is 34.6 Å². The number of carbonyl (C=O) groups is 1. The fourth-order valence-electron chi connectivity index (χ4n) is 8.93. The first-order chi connectivity index (χ1) is 26.0. The molecule has 2 unspecified atom stereocenters. The maximum atomic E-state index is 12.6. The lowest BCUT2D eigenvalue weighted by Crippen LogP contribution is -2.51. The Kier molecular flexibility index (Phi) is 8.47. The summed E-state index contributed by atoms with van der Waals surface area (Å²) in [4.78, 5) is 32.8. The third kappa shape index (κ3) is 5.74. The predicted octanol–water partition coefficient (Wildman–Crippen LogP) is 9.35. The first kappa shape index (κ1) is 33.0. The minimum atomic E-state index is -0.878. The Morgan fingerprint density at radius 3 is 1.85 bits per heavy atom. The summed E-state index contributed by atoms with van der Waals surface area (Å²) < 4.78 is 2.17. The van der Waals surface area contributed by atoms with E-state index in [2.05, 4.69) is 82.7 Å². The molecule has 3 saturated carbocycles. The van der Waals surface area contributed by atoms with Gasteiger partial charge in [-0.2, -0.15) is 0 Å². The summed E-state index contributed by atoms with van der Waals surface area (Å²) in [6, 6.07) is 42.9. The number of aromatic nitrogens is 5. The van der Waals surface area contributed by atoms with Crippen LogP contribution in [0.4, 0.5) is 5.82 Å². The molecule has 3 aliphatic rings. The standard InChI is InChI=1S/C44H37ClN6O2/c45-36-26-46-42-40(48-36)34(27-51(42)44(31-15-7-2-8-16-31,32-17-9-3-10-18-32)33-19-11-4-12-20-33)41-47-35(28-13-5-1-6-14-28)25-37(50-41)49-39-30-23-21-29(22-24-30)38(39)43(52)53/h1-20,25-27,29-30,38-39H,21-24H2,(H,52,53)(H,47,49,50). The molecular weight excluding hydrogens is 680 g/mol. The summed E-state index contributed by atoms with van der Waals surface area (Å²) >= 11 is 6.63. The zero-order chi connectivity index (χ0) is 35.9. The van der Waals surface area contributed by atoms with Crippen LogP contribution in [0.3, 0.4) is 0 Å². The summed E-state index contributed by atoms with van der Waals surface area (Å²) in [7, 11) is 0. The molecule has 9 heteroatoms. The summed E-state index contributed by atoms with van der Waals surface area (Å²) in [5.41, 5.74) is 5.67. The Hall–Kier alpha value is -5.86. The van der Waals surface area contributed by atoms with Crippen molar-refractivity contribution in [3.05, 3.63) is 162 Å². The zero-order valence-corrected chi connectivity index (χ0v) is 29.6. The molecule has 7 aromatic rings. The van der Waals surface area contributed by atoms with Crippen LogP contribution in [0.5, 0.6) is 0 Å². The second-order valence-corrected chi connectivity index (χ2v) is 14.5. The molecule has 0 amide bonds. The molecule has 262 valence electrons. The van der Waals surface area contributed by atoms with E-state index >= 15 is 0 Å². The fraction of sp³-hybridized carbons (Fsp3) is 0.205. The number of hydrogen-bond acceptors (Lipinski definition) is 6. The largest absolute Gasteiger partial charge is 0.481 e. The molecule has 3 aliphatic carbocycles. The Bertz CT molecular complexity index is 2300. The van der Waals surface area contributed by atoms with Gasteiger partial charge in [-0.05, 0) is 54.2 Å². The van der Waals surface area contributed by atoms with Crippen molar-refractivity contribution < 1.29 is 9.90 Å². The Morgan fingerprint density at radius 1 is 0.736 bits per heavy atom. The Balaban J connectivity index is 1.30. The highest BCUT2D eigenvalue weighted by Crippen LogP contribution is 2.47. The maximum absolute atomic E-state index is 12.6. The average Bonchev–Trinajstić information content (AvgIpc) is 3.58.